The van der Waals surface area contributed by atoms with Crippen molar-refractivity contribution in [2.45, 2.75) is 44.2 Å². The molecule has 2 aromatic rings. The third-order valence-electron chi connectivity index (χ3n) is 6.70. The maximum absolute atomic E-state index is 13.5. The summed E-state index contributed by atoms with van der Waals surface area (Å²) in [7, 11) is 2.12. The highest BCUT2D eigenvalue weighted by Gasteiger charge is 2.40. The van der Waals surface area contributed by atoms with Crippen LogP contribution in [0, 0.1) is 0 Å². The van der Waals surface area contributed by atoms with Gasteiger partial charge in [-0.1, -0.05) is 12.2 Å². The quantitative estimate of drug-likeness (QED) is 0.633. The first-order valence-corrected chi connectivity index (χ1v) is 11.8. The maximum Gasteiger partial charge on any atom is 0.274 e. The number of imidazole rings is 1. The highest BCUT2D eigenvalue weighted by molar-refractivity contribution is 7.15. The van der Waals surface area contributed by atoms with Gasteiger partial charge in [-0.3, -0.25) is 14.1 Å². The molecule has 1 amide bonds. The van der Waals surface area contributed by atoms with Crippen LogP contribution in [0.3, 0.4) is 0 Å². The van der Waals surface area contributed by atoms with Crippen LogP contribution in [0.2, 0.25) is 0 Å². The van der Waals surface area contributed by atoms with Gasteiger partial charge in [0.25, 0.3) is 5.91 Å². The first-order chi connectivity index (χ1) is 14.6. The van der Waals surface area contributed by atoms with E-state index >= 15 is 0 Å². The smallest absolute Gasteiger partial charge is 0.274 e. The average molecular weight is 428 g/mol. The number of hydrogen-bond donors (Lipinski definition) is 0. The topological polar surface area (TPSA) is 44.1 Å². The first-order valence-electron chi connectivity index (χ1n) is 11.0. The zero-order chi connectivity index (χ0) is 21.1. The molecule has 2 aliphatic heterocycles. The molecule has 4 heterocycles. The number of carbonyl (C=O) groups excluding carboxylic acids is 1. The van der Waals surface area contributed by atoms with Crippen LogP contribution in [0.15, 0.2) is 36.9 Å². The third-order valence-corrected chi connectivity index (χ3v) is 7.46. The molecular weight excluding hydrogens is 394 g/mol. The van der Waals surface area contributed by atoms with Gasteiger partial charge in [0, 0.05) is 43.3 Å². The summed E-state index contributed by atoms with van der Waals surface area (Å²) in [6.07, 6.45) is 11.3. The fraction of sp³-hybridized carbons (Fsp3) is 0.565. The van der Waals surface area contributed by atoms with Gasteiger partial charge in [-0.2, -0.15) is 0 Å². The van der Waals surface area contributed by atoms with E-state index in [1.165, 1.54) is 0 Å². The Hall–Kier alpha value is -1.96. The molecule has 0 bridgehead atoms. The van der Waals surface area contributed by atoms with Crippen molar-refractivity contribution >= 4 is 22.2 Å². The molecule has 0 unspecified atom stereocenters. The van der Waals surface area contributed by atoms with Crippen LogP contribution in [-0.4, -0.2) is 75.3 Å². The minimum absolute atomic E-state index is 0.0509. The largest absolute Gasteiger partial charge is 0.336 e. The molecule has 0 aromatic carbocycles. The first kappa shape index (κ1) is 21.3. The number of likely N-dealkylation sites (tertiary alicyclic amines) is 1. The lowest BCUT2D eigenvalue weighted by Crippen LogP contribution is -2.43. The molecule has 0 radical (unpaired) electrons. The van der Waals surface area contributed by atoms with Crippen molar-refractivity contribution in [1.82, 2.24) is 24.1 Å². The van der Waals surface area contributed by atoms with Gasteiger partial charge in [0.1, 0.15) is 0 Å². The highest BCUT2D eigenvalue weighted by atomic mass is 32.1. The SMILES string of the molecule is C=CCC1(CC=C)CCCN1Cc1c(C(=O)N2CCCN(C)CC2)nc2sccn12. The molecule has 2 aliphatic rings. The van der Waals surface area contributed by atoms with Crippen LogP contribution in [0.1, 0.15) is 48.3 Å². The molecule has 2 aromatic heterocycles. The van der Waals surface area contributed by atoms with E-state index in [9.17, 15) is 4.79 Å². The van der Waals surface area contributed by atoms with Crippen LogP contribution in [0.25, 0.3) is 4.96 Å². The Bertz CT molecular complexity index is 906. The molecule has 30 heavy (non-hydrogen) atoms. The lowest BCUT2D eigenvalue weighted by molar-refractivity contribution is 0.0751. The van der Waals surface area contributed by atoms with Gasteiger partial charge < -0.3 is 9.80 Å². The summed E-state index contributed by atoms with van der Waals surface area (Å²) in [5, 5.41) is 2.05. The molecule has 0 N–H and O–H groups in total. The Balaban J connectivity index is 1.65. The molecule has 2 saturated heterocycles. The zero-order valence-electron chi connectivity index (χ0n) is 18.1. The Kier molecular flexibility index (Phi) is 6.41. The second-order valence-electron chi connectivity index (χ2n) is 8.65. The van der Waals surface area contributed by atoms with E-state index in [1.807, 2.05) is 28.6 Å². The summed E-state index contributed by atoms with van der Waals surface area (Å²) in [4.78, 5) is 26.0. The minimum atomic E-state index is 0.0509. The molecule has 0 saturated carbocycles. The standard InChI is InChI=1S/C23H33N5OS/c1-4-8-23(9-5-2)10-6-13-27(23)18-19-20(24-22-28(19)16-17-30-22)21(29)26-12-7-11-25(3)14-15-26/h4-5,16-17H,1-2,6-15,18H2,3H3. The van der Waals surface area contributed by atoms with Gasteiger partial charge in [0.05, 0.1) is 5.69 Å². The number of likely N-dealkylation sites (N-methyl/N-ethyl adjacent to an activating group) is 1. The van der Waals surface area contributed by atoms with Crippen molar-refractivity contribution in [2.75, 3.05) is 39.8 Å². The number of hydrogen-bond acceptors (Lipinski definition) is 5. The predicted molar refractivity (Wildman–Crippen MR) is 123 cm³/mol. The van der Waals surface area contributed by atoms with Crippen LogP contribution in [0.5, 0.6) is 0 Å². The Labute approximate surface area is 183 Å². The monoisotopic (exact) mass is 427 g/mol. The number of amides is 1. The molecule has 2 fully saturated rings. The maximum atomic E-state index is 13.5. The number of fused-ring (bicyclic) bond motifs is 1. The van der Waals surface area contributed by atoms with E-state index in [2.05, 4.69) is 34.4 Å². The minimum Gasteiger partial charge on any atom is -0.336 e. The number of nitrogens with zero attached hydrogens (tertiary/aromatic N) is 5. The Morgan fingerprint density at radius 3 is 2.73 bits per heavy atom. The normalized spacial score (nSPS) is 20.5. The zero-order valence-corrected chi connectivity index (χ0v) is 18.9. The summed E-state index contributed by atoms with van der Waals surface area (Å²) in [5.74, 6) is 0.0773. The van der Waals surface area contributed by atoms with Gasteiger partial charge in [0.2, 0.25) is 0 Å². The second kappa shape index (κ2) is 9.04. The van der Waals surface area contributed by atoms with Gasteiger partial charge in [-0.05, 0) is 52.2 Å². The molecule has 4 rings (SSSR count). The van der Waals surface area contributed by atoms with Crippen molar-refractivity contribution in [3.63, 3.8) is 0 Å². The van der Waals surface area contributed by atoms with Gasteiger partial charge in [-0.25, -0.2) is 4.98 Å². The van der Waals surface area contributed by atoms with Crippen molar-refractivity contribution in [3.8, 4) is 0 Å². The number of rotatable bonds is 7. The van der Waals surface area contributed by atoms with Gasteiger partial charge >= 0.3 is 0 Å². The van der Waals surface area contributed by atoms with Crippen LogP contribution < -0.4 is 0 Å². The average Bonchev–Trinajstić information content (AvgIpc) is 3.37. The van der Waals surface area contributed by atoms with Crippen LogP contribution in [0.4, 0.5) is 0 Å². The van der Waals surface area contributed by atoms with E-state index in [4.69, 9.17) is 4.98 Å². The number of carbonyl (C=O) groups is 1. The summed E-state index contributed by atoms with van der Waals surface area (Å²) in [5.41, 5.74) is 1.70. The molecular formula is C23H33N5OS. The summed E-state index contributed by atoms with van der Waals surface area (Å²) < 4.78 is 2.12. The second-order valence-corrected chi connectivity index (χ2v) is 9.52. The highest BCUT2D eigenvalue weighted by Crippen LogP contribution is 2.38. The summed E-state index contributed by atoms with van der Waals surface area (Å²) in [6.45, 7) is 13.3. The molecule has 0 atom stereocenters. The number of aromatic nitrogens is 2. The van der Waals surface area contributed by atoms with E-state index < -0.39 is 0 Å². The van der Waals surface area contributed by atoms with E-state index in [0.717, 1.165) is 82.0 Å². The predicted octanol–water partition coefficient (Wildman–Crippen LogP) is 3.66. The van der Waals surface area contributed by atoms with Gasteiger partial charge in [-0.15, -0.1) is 24.5 Å². The van der Waals surface area contributed by atoms with E-state index in [0.29, 0.717) is 5.69 Å². The summed E-state index contributed by atoms with van der Waals surface area (Å²) >= 11 is 1.59. The lowest BCUT2D eigenvalue weighted by Gasteiger charge is -2.37. The lowest BCUT2D eigenvalue weighted by atomic mass is 9.88. The van der Waals surface area contributed by atoms with Gasteiger partial charge in [0.15, 0.2) is 10.7 Å². The van der Waals surface area contributed by atoms with Crippen molar-refractivity contribution in [2.24, 2.45) is 0 Å². The van der Waals surface area contributed by atoms with Crippen molar-refractivity contribution in [1.29, 1.82) is 0 Å². The Morgan fingerprint density at radius 1 is 1.17 bits per heavy atom. The molecule has 0 aliphatic carbocycles. The van der Waals surface area contributed by atoms with E-state index in [-0.39, 0.29) is 11.4 Å². The van der Waals surface area contributed by atoms with E-state index in [1.54, 1.807) is 11.3 Å². The molecule has 6 nitrogen and oxygen atoms in total. The van der Waals surface area contributed by atoms with Crippen LogP contribution in [-0.2, 0) is 6.54 Å². The number of thiazole rings is 1. The van der Waals surface area contributed by atoms with Crippen molar-refractivity contribution in [3.05, 3.63) is 48.3 Å². The fourth-order valence-electron chi connectivity index (χ4n) is 5.06. The Morgan fingerprint density at radius 2 is 1.97 bits per heavy atom. The molecule has 7 heteroatoms. The summed E-state index contributed by atoms with van der Waals surface area (Å²) in [6, 6.07) is 0. The third kappa shape index (κ3) is 3.98. The van der Waals surface area contributed by atoms with Crippen molar-refractivity contribution < 1.29 is 4.79 Å². The molecule has 162 valence electrons. The molecule has 0 spiro atoms. The van der Waals surface area contributed by atoms with Crippen LogP contribution >= 0.6 is 11.3 Å². The fourth-order valence-corrected chi connectivity index (χ4v) is 5.79.